The molecule has 0 aliphatic rings. The van der Waals surface area contributed by atoms with Crippen molar-refractivity contribution in [3.8, 4) is 17.2 Å². The van der Waals surface area contributed by atoms with Crippen molar-refractivity contribution in [3.63, 3.8) is 0 Å². The highest BCUT2D eigenvalue weighted by Crippen LogP contribution is 2.33. The number of amides is 1. The minimum atomic E-state index is -1.45. The number of carbonyl (C=O) groups is 2. The number of rotatable bonds is 7. The summed E-state index contributed by atoms with van der Waals surface area (Å²) in [5, 5.41) is 13.8. The average Bonchev–Trinajstić information content (AvgIpc) is 2.58. The lowest BCUT2D eigenvalue weighted by atomic mass is 10.1. The summed E-state index contributed by atoms with van der Waals surface area (Å²) in [6.07, 6.45) is 0. The zero-order valence-corrected chi connectivity index (χ0v) is 15.0. The van der Waals surface area contributed by atoms with Gasteiger partial charge >= 0.3 is 0 Å². The third-order valence-corrected chi connectivity index (χ3v) is 3.58. The maximum absolute atomic E-state index is 12.2. The summed E-state index contributed by atoms with van der Waals surface area (Å²) in [5.74, 6) is -0.903. The van der Waals surface area contributed by atoms with Crippen molar-refractivity contribution in [1.82, 2.24) is 0 Å². The fourth-order valence-corrected chi connectivity index (χ4v) is 2.50. The Labute approximate surface area is 151 Å². The van der Waals surface area contributed by atoms with E-state index in [0.29, 0.717) is 5.75 Å². The second kappa shape index (κ2) is 8.24. The molecule has 0 fully saturated rings. The zero-order valence-electron chi connectivity index (χ0n) is 15.0. The van der Waals surface area contributed by atoms with Crippen LogP contribution in [0.5, 0.6) is 17.2 Å². The minimum Gasteiger partial charge on any atom is -0.545 e. The van der Waals surface area contributed by atoms with Crippen LogP contribution in [-0.4, -0.2) is 32.7 Å². The monoisotopic (exact) mass is 358 g/mol. The van der Waals surface area contributed by atoms with Gasteiger partial charge in [0.2, 0.25) is 0 Å². The SMILES string of the molecule is COc1cc(NC(=O)COc2cc(C)cc(C)c2)c(C(=O)[O-])cc1OC. The fraction of sp³-hybridized carbons (Fsp3) is 0.263. The van der Waals surface area contributed by atoms with Crippen molar-refractivity contribution < 1.29 is 28.9 Å². The molecule has 138 valence electrons. The molecule has 2 aromatic rings. The molecule has 0 aromatic heterocycles. The Bertz CT molecular complexity index is 811. The predicted octanol–water partition coefficient (Wildman–Crippen LogP) is 1.70. The van der Waals surface area contributed by atoms with E-state index in [1.54, 1.807) is 0 Å². The standard InChI is InChI=1S/C19H21NO6/c1-11-5-12(2)7-13(6-11)26-10-18(21)20-15-9-17(25-4)16(24-3)8-14(15)19(22)23/h5-9H,10H2,1-4H3,(H,20,21)(H,22,23)/p-1. The van der Waals surface area contributed by atoms with Crippen molar-refractivity contribution in [2.24, 2.45) is 0 Å². The number of carboxylic acid groups (broad SMARTS) is 1. The van der Waals surface area contributed by atoms with Gasteiger partial charge in [-0.3, -0.25) is 4.79 Å². The number of hydrogen-bond acceptors (Lipinski definition) is 6. The molecule has 0 unspecified atom stereocenters. The molecule has 0 atom stereocenters. The van der Waals surface area contributed by atoms with Crippen LogP contribution in [0.1, 0.15) is 21.5 Å². The molecule has 26 heavy (non-hydrogen) atoms. The Hall–Kier alpha value is -3.22. The van der Waals surface area contributed by atoms with E-state index in [2.05, 4.69) is 5.32 Å². The van der Waals surface area contributed by atoms with Crippen LogP contribution in [0, 0.1) is 13.8 Å². The second-order valence-corrected chi connectivity index (χ2v) is 5.70. The number of hydrogen-bond donors (Lipinski definition) is 1. The van der Waals surface area contributed by atoms with Gasteiger partial charge < -0.3 is 29.4 Å². The van der Waals surface area contributed by atoms with Crippen molar-refractivity contribution in [3.05, 3.63) is 47.0 Å². The molecule has 0 saturated heterocycles. The Morgan fingerprint density at radius 2 is 1.54 bits per heavy atom. The first-order valence-corrected chi connectivity index (χ1v) is 7.82. The number of nitrogens with one attached hydrogen (secondary N) is 1. The van der Waals surface area contributed by atoms with E-state index in [1.807, 2.05) is 32.0 Å². The van der Waals surface area contributed by atoms with Gasteiger partial charge in [-0.15, -0.1) is 0 Å². The number of benzene rings is 2. The zero-order chi connectivity index (χ0) is 19.3. The number of aromatic carboxylic acids is 1. The van der Waals surface area contributed by atoms with Crippen LogP contribution in [0.15, 0.2) is 30.3 Å². The van der Waals surface area contributed by atoms with Crippen LogP contribution in [0.4, 0.5) is 5.69 Å². The molecule has 1 amide bonds. The molecule has 0 saturated carbocycles. The molecular formula is C19H20NO6-. The largest absolute Gasteiger partial charge is 0.545 e. The molecular weight excluding hydrogens is 338 g/mol. The van der Waals surface area contributed by atoms with Crippen LogP contribution in [-0.2, 0) is 4.79 Å². The smallest absolute Gasteiger partial charge is 0.262 e. The first kappa shape index (κ1) is 19.1. The third-order valence-electron chi connectivity index (χ3n) is 3.58. The summed E-state index contributed by atoms with van der Waals surface area (Å²) < 4.78 is 15.7. The van der Waals surface area contributed by atoms with E-state index in [4.69, 9.17) is 14.2 Å². The summed E-state index contributed by atoms with van der Waals surface area (Å²) >= 11 is 0. The van der Waals surface area contributed by atoms with Crippen LogP contribution in [0.2, 0.25) is 0 Å². The van der Waals surface area contributed by atoms with Gasteiger partial charge in [0.1, 0.15) is 5.75 Å². The van der Waals surface area contributed by atoms with Gasteiger partial charge in [0.15, 0.2) is 18.1 Å². The van der Waals surface area contributed by atoms with E-state index in [-0.39, 0.29) is 29.4 Å². The lowest BCUT2D eigenvalue weighted by molar-refractivity contribution is -0.254. The normalized spacial score (nSPS) is 10.2. The van der Waals surface area contributed by atoms with Gasteiger partial charge in [-0.2, -0.15) is 0 Å². The number of carbonyl (C=O) groups excluding carboxylic acids is 2. The predicted molar refractivity (Wildman–Crippen MR) is 93.9 cm³/mol. The van der Waals surface area contributed by atoms with E-state index >= 15 is 0 Å². The summed E-state index contributed by atoms with van der Waals surface area (Å²) in [6, 6.07) is 8.20. The first-order valence-electron chi connectivity index (χ1n) is 7.82. The van der Waals surface area contributed by atoms with E-state index in [1.165, 1.54) is 26.4 Å². The number of methoxy groups -OCH3 is 2. The quantitative estimate of drug-likeness (QED) is 0.809. The van der Waals surface area contributed by atoms with Gasteiger partial charge in [-0.1, -0.05) is 6.07 Å². The maximum Gasteiger partial charge on any atom is 0.262 e. The van der Waals surface area contributed by atoms with E-state index in [0.717, 1.165) is 11.1 Å². The van der Waals surface area contributed by atoms with Gasteiger partial charge in [-0.05, 0) is 43.2 Å². The summed E-state index contributed by atoms with van der Waals surface area (Å²) in [5.41, 5.74) is 1.85. The molecule has 0 bridgehead atoms. The van der Waals surface area contributed by atoms with Crippen LogP contribution in [0.25, 0.3) is 0 Å². The number of anilines is 1. The molecule has 2 aromatic carbocycles. The lowest BCUT2D eigenvalue weighted by Crippen LogP contribution is -2.26. The van der Waals surface area contributed by atoms with Gasteiger partial charge in [0, 0.05) is 11.6 Å². The first-order chi connectivity index (χ1) is 12.3. The summed E-state index contributed by atoms with van der Waals surface area (Å²) in [4.78, 5) is 23.5. The van der Waals surface area contributed by atoms with Crippen LogP contribution < -0.4 is 24.6 Å². The highest BCUT2D eigenvalue weighted by molar-refractivity contribution is 6.01. The molecule has 7 heteroatoms. The average molecular weight is 358 g/mol. The molecule has 0 aliphatic carbocycles. The van der Waals surface area contributed by atoms with Gasteiger partial charge in [0.25, 0.3) is 5.91 Å². The summed E-state index contributed by atoms with van der Waals surface area (Å²) in [7, 11) is 2.79. The van der Waals surface area contributed by atoms with Crippen molar-refractivity contribution >= 4 is 17.6 Å². The topological polar surface area (TPSA) is 96.9 Å². The highest BCUT2D eigenvalue weighted by Gasteiger charge is 2.14. The molecule has 0 radical (unpaired) electrons. The second-order valence-electron chi connectivity index (χ2n) is 5.70. The minimum absolute atomic E-state index is 0.0386. The Morgan fingerprint density at radius 3 is 2.08 bits per heavy atom. The molecule has 0 spiro atoms. The van der Waals surface area contributed by atoms with Crippen LogP contribution in [0.3, 0.4) is 0 Å². The summed E-state index contributed by atoms with van der Waals surface area (Å²) in [6.45, 7) is 3.58. The van der Waals surface area contributed by atoms with E-state index < -0.39 is 11.9 Å². The Balaban J connectivity index is 2.15. The molecule has 0 heterocycles. The fourth-order valence-electron chi connectivity index (χ4n) is 2.50. The maximum atomic E-state index is 12.2. The van der Waals surface area contributed by atoms with E-state index in [9.17, 15) is 14.7 Å². The lowest BCUT2D eigenvalue weighted by Gasteiger charge is -2.16. The van der Waals surface area contributed by atoms with Crippen LogP contribution >= 0.6 is 0 Å². The molecule has 1 N–H and O–H groups in total. The van der Waals surface area contributed by atoms with Crippen molar-refractivity contribution in [2.75, 3.05) is 26.1 Å². The number of ether oxygens (including phenoxy) is 3. The van der Waals surface area contributed by atoms with Crippen molar-refractivity contribution in [2.45, 2.75) is 13.8 Å². The number of aryl methyl sites for hydroxylation is 2. The Kier molecular flexibility index (Phi) is 6.06. The molecule has 0 aliphatic heterocycles. The van der Waals surface area contributed by atoms with Gasteiger partial charge in [-0.25, -0.2) is 0 Å². The third kappa shape index (κ3) is 4.66. The highest BCUT2D eigenvalue weighted by atomic mass is 16.5. The molecule has 2 rings (SSSR count). The van der Waals surface area contributed by atoms with Gasteiger partial charge in [0.05, 0.1) is 25.9 Å². The Morgan fingerprint density at radius 1 is 0.962 bits per heavy atom. The molecule has 7 nitrogen and oxygen atoms in total. The number of carboxylic acids is 1. The van der Waals surface area contributed by atoms with Crippen molar-refractivity contribution in [1.29, 1.82) is 0 Å².